The van der Waals surface area contributed by atoms with Crippen molar-refractivity contribution in [2.75, 3.05) is 25.6 Å². The average Bonchev–Trinajstić information content (AvgIpc) is 3.04. The molecule has 2 aromatic carbocycles. The third kappa shape index (κ3) is 4.63. The van der Waals surface area contributed by atoms with Crippen LogP contribution >= 0.6 is 0 Å². The molecule has 1 heterocycles. The standard InChI is InChI=1S/C23H23NO6/c1-4-28-18-13-15(11-12-17(18)27-3)14-19-21(25)20(23(26)29-5-2)22(30-19)24-16-9-7-6-8-10-16/h6-14,24H,4-5H2,1-3H3/b19-14+. The van der Waals surface area contributed by atoms with E-state index >= 15 is 0 Å². The summed E-state index contributed by atoms with van der Waals surface area (Å²) < 4.78 is 21.6. The number of anilines is 1. The molecular formula is C23H23NO6. The van der Waals surface area contributed by atoms with Crippen LogP contribution in [0.3, 0.4) is 0 Å². The quantitative estimate of drug-likeness (QED) is 0.402. The highest BCUT2D eigenvalue weighted by Gasteiger charge is 2.37. The zero-order chi connectivity index (χ0) is 21.5. The van der Waals surface area contributed by atoms with Crippen LogP contribution in [-0.2, 0) is 19.1 Å². The summed E-state index contributed by atoms with van der Waals surface area (Å²) in [5.41, 5.74) is 1.16. The molecule has 1 aliphatic rings. The second-order valence-corrected chi connectivity index (χ2v) is 6.20. The summed E-state index contributed by atoms with van der Waals surface area (Å²) in [5, 5.41) is 2.98. The van der Waals surface area contributed by atoms with Crippen LogP contribution < -0.4 is 14.8 Å². The molecule has 156 valence electrons. The van der Waals surface area contributed by atoms with Gasteiger partial charge in [-0.25, -0.2) is 4.79 Å². The van der Waals surface area contributed by atoms with E-state index in [-0.39, 0.29) is 23.8 Å². The van der Waals surface area contributed by atoms with Crippen molar-refractivity contribution in [1.29, 1.82) is 0 Å². The van der Waals surface area contributed by atoms with Gasteiger partial charge in [-0.2, -0.15) is 0 Å². The number of allylic oxidation sites excluding steroid dienone is 1. The predicted octanol–water partition coefficient (Wildman–Crippen LogP) is 3.92. The Labute approximate surface area is 174 Å². The first-order valence-corrected chi connectivity index (χ1v) is 9.55. The minimum atomic E-state index is -0.742. The summed E-state index contributed by atoms with van der Waals surface area (Å²) in [7, 11) is 1.55. The molecule has 3 rings (SSSR count). The van der Waals surface area contributed by atoms with Crippen LogP contribution in [0.2, 0.25) is 0 Å². The van der Waals surface area contributed by atoms with Crippen molar-refractivity contribution in [3.63, 3.8) is 0 Å². The van der Waals surface area contributed by atoms with E-state index in [2.05, 4.69) is 5.32 Å². The van der Waals surface area contributed by atoms with Gasteiger partial charge >= 0.3 is 5.97 Å². The van der Waals surface area contributed by atoms with Gasteiger partial charge in [0.15, 0.2) is 22.8 Å². The zero-order valence-electron chi connectivity index (χ0n) is 17.1. The second-order valence-electron chi connectivity index (χ2n) is 6.20. The topological polar surface area (TPSA) is 83.1 Å². The van der Waals surface area contributed by atoms with Crippen LogP contribution in [0.15, 0.2) is 65.7 Å². The van der Waals surface area contributed by atoms with Crippen LogP contribution in [0.4, 0.5) is 5.69 Å². The van der Waals surface area contributed by atoms with Crippen molar-refractivity contribution in [2.45, 2.75) is 13.8 Å². The molecule has 7 nitrogen and oxygen atoms in total. The molecule has 1 aliphatic heterocycles. The number of nitrogens with one attached hydrogen (secondary N) is 1. The molecule has 2 aromatic rings. The number of carbonyl (C=O) groups excluding carboxylic acids is 2. The maximum atomic E-state index is 12.9. The molecule has 7 heteroatoms. The zero-order valence-corrected chi connectivity index (χ0v) is 17.1. The van der Waals surface area contributed by atoms with E-state index in [0.29, 0.717) is 29.4 Å². The number of hydrogen-bond acceptors (Lipinski definition) is 7. The summed E-state index contributed by atoms with van der Waals surface area (Å²) in [6, 6.07) is 14.3. The summed E-state index contributed by atoms with van der Waals surface area (Å²) in [6.45, 7) is 4.15. The highest BCUT2D eigenvalue weighted by molar-refractivity contribution is 6.26. The largest absolute Gasteiger partial charge is 0.493 e. The SMILES string of the molecule is CCOC(=O)C1=C(Nc2ccccc2)O/C(=C/c2ccc(OC)c(OCC)c2)C1=O. The first kappa shape index (κ1) is 21.0. The first-order valence-electron chi connectivity index (χ1n) is 9.55. The lowest BCUT2D eigenvalue weighted by Crippen LogP contribution is -2.16. The number of benzene rings is 2. The first-order chi connectivity index (χ1) is 14.6. The molecule has 0 amide bonds. The fourth-order valence-corrected chi connectivity index (χ4v) is 2.86. The fourth-order valence-electron chi connectivity index (χ4n) is 2.86. The molecular weight excluding hydrogens is 386 g/mol. The molecule has 0 radical (unpaired) electrons. The van der Waals surface area contributed by atoms with Crippen molar-refractivity contribution >= 4 is 23.5 Å². The monoisotopic (exact) mass is 409 g/mol. The van der Waals surface area contributed by atoms with Crippen molar-refractivity contribution in [3.05, 3.63) is 71.3 Å². The van der Waals surface area contributed by atoms with Gasteiger partial charge in [-0.05, 0) is 49.8 Å². The number of hydrogen-bond donors (Lipinski definition) is 1. The lowest BCUT2D eigenvalue weighted by atomic mass is 10.1. The molecule has 0 aliphatic carbocycles. The number of ether oxygens (including phenoxy) is 4. The number of carbonyl (C=O) groups is 2. The van der Waals surface area contributed by atoms with Crippen molar-refractivity contribution in [1.82, 2.24) is 0 Å². The van der Waals surface area contributed by atoms with Crippen LogP contribution in [0.25, 0.3) is 6.08 Å². The highest BCUT2D eigenvalue weighted by Crippen LogP contribution is 2.32. The number of Topliss-reactive ketones (excluding diaryl/α,β-unsaturated/α-hetero) is 1. The van der Waals surface area contributed by atoms with E-state index in [1.165, 1.54) is 0 Å². The summed E-state index contributed by atoms with van der Waals surface area (Å²) in [5.74, 6) is -0.135. The van der Waals surface area contributed by atoms with Gasteiger partial charge in [-0.15, -0.1) is 0 Å². The van der Waals surface area contributed by atoms with E-state index in [1.807, 2.05) is 25.1 Å². The number of esters is 1. The molecule has 0 unspecified atom stereocenters. The minimum absolute atomic E-state index is 0.00380. The lowest BCUT2D eigenvalue weighted by molar-refractivity contribution is -0.139. The fraction of sp³-hybridized carbons (Fsp3) is 0.217. The Morgan fingerprint density at radius 2 is 1.83 bits per heavy atom. The lowest BCUT2D eigenvalue weighted by Gasteiger charge is -2.10. The Morgan fingerprint density at radius 1 is 1.07 bits per heavy atom. The maximum Gasteiger partial charge on any atom is 0.347 e. The number of rotatable bonds is 8. The van der Waals surface area contributed by atoms with Gasteiger partial charge in [-0.1, -0.05) is 24.3 Å². The number of ketones is 1. The van der Waals surface area contributed by atoms with Crippen LogP contribution in [0, 0.1) is 0 Å². The second kappa shape index (κ2) is 9.65. The molecule has 0 spiro atoms. The van der Waals surface area contributed by atoms with E-state index < -0.39 is 11.8 Å². The molecule has 0 atom stereocenters. The van der Waals surface area contributed by atoms with E-state index in [1.54, 1.807) is 50.4 Å². The third-order valence-electron chi connectivity index (χ3n) is 4.19. The molecule has 1 N–H and O–H groups in total. The van der Waals surface area contributed by atoms with Gasteiger partial charge in [0, 0.05) is 5.69 Å². The van der Waals surface area contributed by atoms with Crippen LogP contribution in [0.5, 0.6) is 11.5 Å². The summed E-state index contributed by atoms with van der Waals surface area (Å²) in [4.78, 5) is 25.3. The Hall–Kier alpha value is -3.74. The Bertz CT molecular complexity index is 994. The van der Waals surface area contributed by atoms with Gasteiger partial charge in [-0.3, -0.25) is 4.79 Å². The van der Waals surface area contributed by atoms with Gasteiger partial charge in [0.1, 0.15) is 0 Å². The van der Waals surface area contributed by atoms with Crippen molar-refractivity contribution in [2.24, 2.45) is 0 Å². The Kier molecular flexibility index (Phi) is 6.75. The van der Waals surface area contributed by atoms with E-state index in [9.17, 15) is 9.59 Å². The summed E-state index contributed by atoms with van der Waals surface area (Å²) >= 11 is 0. The Balaban J connectivity index is 1.94. The third-order valence-corrected chi connectivity index (χ3v) is 4.19. The number of para-hydroxylation sites is 1. The molecule has 0 saturated carbocycles. The smallest absolute Gasteiger partial charge is 0.347 e. The Morgan fingerprint density at radius 3 is 2.50 bits per heavy atom. The van der Waals surface area contributed by atoms with E-state index in [4.69, 9.17) is 18.9 Å². The van der Waals surface area contributed by atoms with Crippen molar-refractivity contribution in [3.8, 4) is 11.5 Å². The average molecular weight is 409 g/mol. The molecule has 30 heavy (non-hydrogen) atoms. The van der Waals surface area contributed by atoms with Gasteiger partial charge in [0.05, 0.1) is 20.3 Å². The van der Waals surface area contributed by atoms with Gasteiger partial charge in [0.25, 0.3) is 0 Å². The predicted molar refractivity (Wildman–Crippen MR) is 112 cm³/mol. The number of methoxy groups -OCH3 is 1. The summed E-state index contributed by atoms with van der Waals surface area (Å²) in [6.07, 6.45) is 1.54. The molecule has 0 aromatic heterocycles. The van der Waals surface area contributed by atoms with Gasteiger partial charge in [0.2, 0.25) is 11.7 Å². The van der Waals surface area contributed by atoms with Crippen LogP contribution in [0.1, 0.15) is 19.4 Å². The highest BCUT2D eigenvalue weighted by atomic mass is 16.5. The maximum absolute atomic E-state index is 12.9. The molecule has 0 saturated heterocycles. The normalized spacial score (nSPS) is 14.5. The van der Waals surface area contributed by atoms with Crippen molar-refractivity contribution < 1.29 is 28.5 Å². The van der Waals surface area contributed by atoms with Gasteiger partial charge < -0.3 is 24.3 Å². The van der Waals surface area contributed by atoms with E-state index in [0.717, 1.165) is 0 Å². The molecule has 0 fully saturated rings. The molecule has 0 bridgehead atoms. The minimum Gasteiger partial charge on any atom is -0.493 e. The van der Waals surface area contributed by atoms with Crippen LogP contribution in [-0.4, -0.2) is 32.1 Å².